The van der Waals surface area contributed by atoms with E-state index < -0.39 is 0 Å². The highest BCUT2D eigenvalue weighted by Crippen LogP contribution is 2.50. The number of carbonyl (C=O) groups is 2. The lowest BCUT2D eigenvalue weighted by Crippen LogP contribution is -2.52. The Labute approximate surface area is 164 Å². The number of amides is 2. The van der Waals surface area contributed by atoms with E-state index in [2.05, 4.69) is 5.32 Å². The van der Waals surface area contributed by atoms with E-state index >= 15 is 0 Å². The molecule has 2 aliphatic heterocycles. The quantitative estimate of drug-likeness (QED) is 0.858. The van der Waals surface area contributed by atoms with Gasteiger partial charge in [-0.2, -0.15) is 0 Å². The molecule has 7 heteroatoms. The maximum atomic E-state index is 13.0. The Kier molecular flexibility index (Phi) is 4.74. The molecule has 1 aromatic rings. The lowest BCUT2D eigenvalue weighted by atomic mass is 10.1. The van der Waals surface area contributed by atoms with E-state index in [4.69, 9.17) is 9.47 Å². The highest BCUT2D eigenvalue weighted by Gasteiger charge is 2.49. The van der Waals surface area contributed by atoms with Crippen molar-refractivity contribution in [2.45, 2.75) is 44.7 Å². The number of ether oxygens (including phenoxy) is 2. The first-order valence-corrected chi connectivity index (χ1v) is 10.6. The number of fused-ring (bicyclic) bond motifs is 1. The van der Waals surface area contributed by atoms with Crippen LogP contribution in [0.3, 0.4) is 0 Å². The van der Waals surface area contributed by atoms with E-state index in [9.17, 15) is 9.59 Å². The summed E-state index contributed by atoms with van der Waals surface area (Å²) in [6, 6.07) is 5.57. The zero-order valence-electron chi connectivity index (χ0n) is 16.0. The summed E-state index contributed by atoms with van der Waals surface area (Å²) in [6.07, 6.45) is 0.827. The molecule has 0 spiro atoms. The zero-order chi connectivity index (χ0) is 19.2. The van der Waals surface area contributed by atoms with Gasteiger partial charge in [-0.3, -0.25) is 9.59 Å². The Hall–Kier alpha value is -1.89. The van der Waals surface area contributed by atoms with Crippen LogP contribution in [0.1, 0.15) is 38.7 Å². The van der Waals surface area contributed by atoms with Crippen molar-refractivity contribution < 1.29 is 19.1 Å². The first-order valence-electron chi connectivity index (χ1n) is 9.43. The van der Waals surface area contributed by atoms with Crippen LogP contribution in [0, 0.1) is 5.92 Å². The Morgan fingerprint density at radius 3 is 2.67 bits per heavy atom. The van der Waals surface area contributed by atoms with Crippen LogP contribution in [0.5, 0.6) is 11.5 Å². The average Bonchev–Trinajstić information content (AvgIpc) is 3.26. The summed E-state index contributed by atoms with van der Waals surface area (Å²) < 4.78 is 11.2. The fourth-order valence-electron chi connectivity index (χ4n) is 3.67. The predicted molar refractivity (Wildman–Crippen MR) is 104 cm³/mol. The molecule has 0 bridgehead atoms. The second-order valence-electron chi connectivity index (χ2n) is 8.41. The molecule has 146 valence electrons. The Balaban J connectivity index is 1.42. The number of nitrogens with one attached hydrogen (secondary N) is 1. The van der Waals surface area contributed by atoms with Crippen molar-refractivity contribution in [3.05, 3.63) is 23.8 Å². The van der Waals surface area contributed by atoms with E-state index in [0.717, 1.165) is 23.5 Å². The summed E-state index contributed by atoms with van der Waals surface area (Å²) in [5.41, 5.74) is 0.812. The van der Waals surface area contributed by atoms with Gasteiger partial charge in [0.25, 0.3) is 0 Å². The van der Waals surface area contributed by atoms with Crippen LogP contribution in [-0.4, -0.2) is 53.1 Å². The van der Waals surface area contributed by atoms with Crippen LogP contribution in [-0.2, 0) is 9.59 Å². The van der Waals surface area contributed by atoms with Gasteiger partial charge < -0.3 is 19.7 Å². The van der Waals surface area contributed by atoms with Crippen LogP contribution in [0.15, 0.2) is 18.2 Å². The molecule has 3 aliphatic rings. The summed E-state index contributed by atoms with van der Waals surface area (Å²) >= 11 is 1.64. The standard InChI is InChI=1S/C20H26N2O4S/c1-20(2,3)21-18(23)15-10-27-11-22(15)19(24)14-9-13(14)12-4-5-16-17(8-12)26-7-6-25-16/h4-5,8,13-15H,6-7,9-11H2,1-3H3,(H,21,23)/t13-,14+,15+/m1/s1. The fourth-order valence-corrected chi connectivity index (χ4v) is 4.83. The number of hydrogen-bond acceptors (Lipinski definition) is 5. The molecule has 0 aromatic heterocycles. The Morgan fingerprint density at radius 2 is 1.93 bits per heavy atom. The molecule has 2 amide bonds. The van der Waals surface area contributed by atoms with Gasteiger partial charge in [-0.05, 0) is 50.8 Å². The molecular formula is C20H26N2O4S. The minimum Gasteiger partial charge on any atom is -0.486 e. The molecule has 1 saturated carbocycles. The molecular weight excluding hydrogens is 364 g/mol. The van der Waals surface area contributed by atoms with Gasteiger partial charge in [0.1, 0.15) is 19.3 Å². The number of thioether (sulfide) groups is 1. The number of nitrogens with zero attached hydrogens (tertiary/aromatic N) is 1. The van der Waals surface area contributed by atoms with E-state index in [1.54, 1.807) is 16.7 Å². The first kappa shape index (κ1) is 18.5. The smallest absolute Gasteiger partial charge is 0.244 e. The summed E-state index contributed by atoms with van der Waals surface area (Å²) in [4.78, 5) is 27.4. The third-order valence-electron chi connectivity index (χ3n) is 5.07. The molecule has 3 atom stereocenters. The summed E-state index contributed by atoms with van der Waals surface area (Å²) in [5, 5.41) is 3.01. The van der Waals surface area contributed by atoms with Gasteiger partial charge in [0.05, 0.1) is 5.88 Å². The van der Waals surface area contributed by atoms with Crippen molar-refractivity contribution in [2.24, 2.45) is 5.92 Å². The van der Waals surface area contributed by atoms with E-state index in [1.165, 1.54) is 0 Å². The van der Waals surface area contributed by atoms with Gasteiger partial charge in [0.15, 0.2) is 11.5 Å². The first-order chi connectivity index (χ1) is 12.8. The van der Waals surface area contributed by atoms with Gasteiger partial charge in [-0.15, -0.1) is 11.8 Å². The molecule has 0 radical (unpaired) electrons. The molecule has 27 heavy (non-hydrogen) atoms. The summed E-state index contributed by atoms with van der Waals surface area (Å²) in [5.74, 6) is 2.97. The predicted octanol–water partition coefficient (Wildman–Crippen LogP) is 2.38. The van der Waals surface area contributed by atoms with Gasteiger partial charge in [-0.1, -0.05) is 6.07 Å². The largest absolute Gasteiger partial charge is 0.486 e. The minimum absolute atomic E-state index is 0.0452. The molecule has 1 aliphatic carbocycles. The van der Waals surface area contributed by atoms with Crippen molar-refractivity contribution in [2.75, 3.05) is 24.8 Å². The summed E-state index contributed by atoms with van der Waals surface area (Å²) in [7, 11) is 0. The average molecular weight is 391 g/mol. The molecule has 1 saturated heterocycles. The lowest BCUT2D eigenvalue weighted by molar-refractivity contribution is -0.139. The van der Waals surface area contributed by atoms with Crippen molar-refractivity contribution in [3.8, 4) is 11.5 Å². The van der Waals surface area contributed by atoms with Gasteiger partial charge in [0, 0.05) is 17.2 Å². The third kappa shape index (κ3) is 3.88. The third-order valence-corrected chi connectivity index (χ3v) is 6.08. The molecule has 6 nitrogen and oxygen atoms in total. The molecule has 2 heterocycles. The van der Waals surface area contributed by atoms with Crippen molar-refractivity contribution in [1.29, 1.82) is 0 Å². The number of hydrogen-bond donors (Lipinski definition) is 1. The molecule has 0 unspecified atom stereocenters. The van der Waals surface area contributed by atoms with Crippen molar-refractivity contribution >= 4 is 23.6 Å². The number of benzene rings is 1. The number of carbonyl (C=O) groups excluding carboxylic acids is 2. The number of rotatable bonds is 3. The van der Waals surface area contributed by atoms with Crippen LogP contribution in [0.2, 0.25) is 0 Å². The van der Waals surface area contributed by atoms with Crippen molar-refractivity contribution in [3.63, 3.8) is 0 Å². The second-order valence-corrected chi connectivity index (χ2v) is 9.41. The highest BCUT2D eigenvalue weighted by molar-refractivity contribution is 7.99. The minimum atomic E-state index is -0.372. The molecule has 1 aromatic carbocycles. The van der Waals surface area contributed by atoms with Crippen LogP contribution in [0.4, 0.5) is 0 Å². The maximum Gasteiger partial charge on any atom is 0.244 e. The fraction of sp³-hybridized carbons (Fsp3) is 0.600. The topological polar surface area (TPSA) is 67.9 Å². The van der Waals surface area contributed by atoms with E-state index in [1.807, 2.05) is 39.0 Å². The monoisotopic (exact) mass is 390 g/mol. The molecule has 2 fully saturated rings. The molecule has 1 N–H and O–H groups in total. The van der Waals surface area contributed by atoms with Gasteiger partial charge in [0.2, 0.25) is 11.8 Å². The zero-order valence-corrected chi connectivity index (χ0v) is 16.8. The normalized spacial score (nSPS) is 26.6. The molecule has 4 rings (SSSR count). The van der Waals surface area contributed by atoms with Crippen LogP contribution >= 0.6 is 11.8 Å². The maximum absolute atomic E-state index is 13.0. The summed E-state index contributed by atoms with van der Waals surface area (Å²) in [6.45, 7) is 6.99. The SMILES string of the molecule is CC(C)(C)NC(=O)[C@@H]1CSCN1C(=O)[C@H]1C[C@@H]1c1ccc2c(c1)OCCO2. The van der Waals surface area contributed by atoms with Crippen molar-refractivity contribution in [1.82, 2.24) is 10.2 Å². The van der Waals surface area contributed by atoms with E-state index in [0.29, 0.717) is 24.8 Å². The van der Waals surface area contributed by atoms with Gasteiger partial charge in [-0.25, -0.2) is 0 Å². The van der Waals surface area contributed by atoms with Crippen LogP contribution < -0.4 is 14.8 Å². The Morgan fingerprint density at radius 1 is 1.19 bits per heavy atom. The van der Waals surface area contributed by atoms with Crippen LogP contribution in [0.25, 0.3) is 0 Å². The second kappa shape index (κ2) is 6.93. The highest BCUT2D eigenvalue weighted by atomic mass is 32.2. The Bertz CT molecular complexity index is 761. The van der Waals surface area contributed by atoms with E-state index in [-0.39, 0.29) is 35.2 Å². The lowest BCUT2D eigenvalue weighted by Gasteiger charge is -2.28. The van der Waals surface area contributed by atoms with Gasteiger partial charge >= 0.3 is 0 Å².